The van der Waals surface area contributed by atoms with E-state index < -0.39 is 50.6 Å². The fraction of sp³-hybridized carbons (Fsp3) is 0.490. The molecule has 1 aliphatic heterocycles. The molecule has 3 fully saturated rings. The van der Waals surface area contributed by atoms with Crippen molar-refractivity contribution >= 4 is 49.9 Å². The van der Waals surface area contributed by atoms with Crippen LogP contribution in [0.5, 0.6) is 11.5 Å². The van der Waals surface area contributed by atoms with Gasteiger partial charge in [-0.2, -0.15) is 0 Å². The Bertz CT molecular complexity index is 2520. The Morgan fingerprint density at radius 3 is 2.49 bits per heavy atom. The summed E-state index contributed by atoms with van der Waals surface area (Å²) in [5, 5.41) is 2.87. The number of aromatic nitrogens is 2. The quantitative estimate of drug-likeness (QED) is 0.0639. The van der Waals surface area contributed by atoms with Gasteiger partial charge in [-0.25, -0.2) is 22.8 Å². The van der Waals surface area contributed by atoms with Gasteiger partial charge in [0.15, 0.2) is 5.78 Å². The molecule has 2 aliphatic carbocycles. The molecule has 2 aromatic carbocycles. The van der Waals surface area contributed by atoms with Crippen LogP contribution in [-0.2, 0) is 30.8 Å². The third kappa shape index (κ3) is 10.1. The van der Waals surface area contributed by atoms with E-state index in [4.69, 9.17) is 19.4 Å². The maximum atomic E-state index is 15.1. The number of pyridine rings is 1. The first-order valence-corrected chi connectivity index (χ1v) is 24.5. The SMILES string of the molecule is C=CCCCCC[C@H](Cc1ccc(F)c(C)c1)C(=O)N1C[C@H](Oc2cc(-c3nc(C(C)C)cs3)nc3c(C)c(OC)ccc23)C[C@H]1C(=O)C[C@]1(C(=O)NS(=O)(=O)C2CC2)C[C@H]1C=C. The number of thiazole rings is 1. The van der Waals surface area contributed by atoms with Crippen LogP contribution in [0.25, 0.3) is 21.6 Å². The lowest BCUT2D eigenvalue weighted by atomic mass is 9.89. The van der Waals surface area contributed by atoms with E-state index in [0.717, 1.165) is 52.9 Å². The van der Waals surface area contributed by atoms with Crippen molar-refractivity contribution in [1.29, 1.82) is 0 Å². The Hall–Kier alpha value is -4.95. The predicted molar refractivity (Wildman–Crippen MR) is 245 cm³/mol. The Balaban J connectivity index is 1.24. The molecule has 2 aromatic heterocycles. The summed E-state index contributed by atoms with van der Waals surface area (Å²) >= 11 is 1.49. The largest absolute Gasteiger partial charge is 0.496 e. The molecule has 0 bridgehead atoms. The minimum atomic E-state index is -3.87. The number of amides is 2. The third-order valence-electron chi connectivity index (χ3n) is 13.0. The van der Waals surface area contributed by atoms with Crippen molar-refractivity contribution in [3.8, 4) is 22.2 Å². The van der Waals surface area contributed by atoms with Gasteiger partial charge in [0, 0.05) is 41.2 Å². The molecule has 0 unspecified atom stereocenters. The predicted octanol–water partition coefficient (Wildman–Crippen LogP) is 9.35. The number of ketones is 1. The highest BCUT2D eigenvalue weighted by molar-refractivity contribution is 7.90. The van der Waals surface area contributed by atoms with E-state index in [2.05, 4.69) is 31.7 Å². The minimum Gasteiger partial charge on any atom is -0.496 e. The molecule has 63 heavy (non-hydrogen) atoms. The number of nitrogens with one attached hydrogen (secondary N) is 1. The van der Waals surface area contributed by atoms with Gasteiger partial charge in [-0.05, 0) is 100.0 Å². The first-order chi connectivity index (χ1) is 30.1. The second kappa shape index (κ2) is 19.0. The molecule has 0 radical (unpaired) electrons. The van der Waals surface area contributed by atoms with Crippen LogP contribution in [0.3, 0.4) is 0 Å². The standard InChI is InChI=1S/C49H59FN4O7S2/c1-8-10-11-12-13-14-33(22-32-15-19-38(50)30(5)21-32)47(56)54-27-35(23-41(54)42(55)26-49(25-34(49)9-2)48(57)53-63(58,59)36-16-17-36)61-44-24-39(46-52-40(28-62-46)29(3)4)51-45-31(6)43(60-7)20-18-37(44)45/h8-9,15,18-21,24,28-29,33-36,41H,1-2,10-14,16-17,22-23,25-27H2,3-7H3,(H,53,57)/t33-,34-,35-,41+,49-/m1/s1. The highest BCUT2D eigenvalue weighted by Crippen LogP contribution is 2.57. The number of benzene rings is 2. The van der Waals surface area contributed by atoms with Gasteiger partial charge < -0.3 is 14.4 Å². The molecule has 0 spiro atoms. The summed E-state index contributed by atoms with van der Waals surface area (Å²) in [6.45, 7) is 15.6. The van der Waals surface area contributed by atoms with Crippen LogP contribution >= 0.6 is 11.3 Å². The normalized spacial score (nSPS) is 21.3. The summed E-state index contributed by atoms with van der Waals surface area (Å²) in [4.78, 5) is 55.2. The topological polar surface area (TPSA) is 145 Å². The summed E-state index contributed by atoms with van der Waals surface area (Å²) in [6, 6.07) is 9.54. The molecule has 1 N–H and O–H groups in total. The van der Waals surface area contributed by atoms with Gasteiger partial charge in [0.05, 0.1) is 41.6 Å². The zero-order chi connectivity index (χ0) is 45.2. The second-order valence-electron chi connectivity index (χ2n) is 17.9. The maximum absolute atomic E-state index is 15.1. The van der Waals surface area contributed by atoms with Gasteiger partial charge >= 0.3 is 0 Å². The lowest BCUT2D eigenvalue weighted by Crippen LogP contribution is -2.46. The van der Waals surface area contributed by atoms with Crippen molar-refractivity contribution in [3.63, 3.8) is 0 Å². The number of unbranched alkanes of at least 4 members (excludes halogenated alkanes) is 3. The molecule has 5 atom stereocenters. The number of sulfonamides is 1. The molecule has 336 valence electrons. The minimum absolute atomic E-state index is 0.0911. The number of halogens is 1. The average Bonchev–Trinajstić information content (AvgIpc) is 4.14. The van der Waals surface area contributed by atoms with Gasteiger partial charge in [0.25, 0.3) is 0 Å². The molecule has 3 heterocycles. The van der Waals surface area contributed by atoms with Crippen LogP contribution in [0.4, 0.5) is 4.39 Å². The average molecular weight is 899 g/mol. The lowest BCUT2D eigenvalue weighted by Gasteiger charge is -2.29. The van der Waals surface area contributed by atoms with E-state index in [-0.39, 0.29) is 49.2 Å². The number of nitrogens with zero attached hydrogens (tertiary/aromatic N) is 3. The number of allylic oxidation sites excluding steroid dienone is 2. The molecule has 14 heteroatoms. The number of fused-ring (bicyclic) bond motifs is 1. The second-order valence-corrected chi connectivity index (χ2v) is 20.8. The Labute approximate surface area is 374 Å². The van der Waals surface area contributed by atoms with Crippen molar-refractivity contribution in [2.45, 2.75) is 122 Å². The monoisotopic (exact) mass is 898 g/mol. The van der Waals surface area contributed by atoms with Gasteiger partial charge in [0.2, 0.25) is 21.8 Å². The van der Waals surface area contributed by atoms with E-state index >= 15 is 4.79 Å². The first kappa shape index (κ1) is 46.1. The number of rotatable bonds is 21. The fourth-order valence-corrected chi connectivity index (χ4v) is 11.2. The molecule has 7 rings (SSSR count). The van der Waals surface area contributed by atoms with Crippen LogP contribution in [-0.4, -0.2) is 71.9 Å². The van der Waals surface area contributed by atoms with Crippen molar-refractivity contribution < 1.29 is 36.7 Å². The van der Waals surface area contributed by atoms with E-state index in [1.54, 1.807) is 37.1 Å². The number of methoxy groups -OCH3 is 1. The zero-order valence-electron chi connectivity index (χ0n) is 37.0. The lowest BCUT2D eigenvalue weighted by molar-refractivity contribution is -0.142. The van der Waals surface area contributed by atoms with Gasteiger partial charge in [0.1, 0.15) is 34.1 Å². The molecular weight excluding hydrogens is 840 g/mol. The number of aryl methyl sites for hydroxylation is 2. The highest BCUT2D eigenvalue weighted by Gasteiger charge is 2.61. The number of ether oxygens (including phenoxy) is 2. The Morgan fingerprint density at radius 2 is 1.84 bits per heavy atom. The maximum Gasteiger partial charge on any atom is 0.240 e. The van der Waals surface area contributed by atoms with E-state index in [1.807, 2.05) is 36.6 Å². The van der Waals surface area contributed by atoms with Crippen molar-refractivity contribution in [2.75, 3.05) is 13.7 Å². The van der Waals surface area contributed by atoms with Crippen LogP contribution < -0.4 is 14.2 Å². The number of hydrogen-bond acceptors (Lipinski definition) is 10. The molecular formula is C49H59FN4O7S2. The first-order valence-electron chi connectivity index (χ1n) is 22.1. The Kier molecular flexibility index (Phi) is 13.9. The van der Waals surface area contributed by atoms with Gasteiger partial charge in [-0.3, -0.25) is 19.1 Å². The number of Topliss-reactive ketones (excluding diaryl/α,β-unsaturated/α-hetero) is 1. The van der Waals surface area contributed by atoms with Crippen molar-refractivity contribution in [2.24, 2.45) is 17.3 Å². The third-order valence-corrected chi connectivity index (χ3v) is 15.7. The molecule has 1 saturated heterocycles. The highest BCUT2D eigenvalue weighted by atomic mass is 32.2. The smallest absolute Gasteiger partial charge is 0.240 e. The van der Waals surface area contributed by atoms with Crippen LogP contribution in [0, 0.1) is 36.9 Å². The van der Waals surface area contributed by atoms with Crippen molar-refractivity contribution in [3.05, 3.63) is 95.3 Å². The zero-order valence-corrected chi connectivity index (χ0v) is 38.6. The molecule has 2 amide bonds. The summed E-state index contributed by atoms with van der Waals surface area (Å²) < 4.78 is 55.1. The summed E-state index contributed by atoms with van der Waals surface area (Å²) in [5.74, 6) is -1.12. The number of carbonyl (C=O) groups is 3. The van der Waals surface area contributed by atoms with E-state index in [9.17, 15) is 22.4 Å². The van der Waals surface area contributed by atoms with Gasteiger partial charge in [-0.15, -0.1) is 24.5 Å². The van der Waals surface area contributed by atoms with Gasteiger partial charge in [-0.1, -0.05) is 51.0 Å². The molecule has 2 saturated carbocycles. The van der Waals surface area contributed by atoms with E-state index in [1.165, 1.54) is 17.4 Å². The Morgan fingerprint density at radius 1 is 1.06 bits per heavy atom. The molecule has 4 aromatic rings. The number of carbonyl (C=O) groups excluding carboxylic acids is 3. The summed E-state index contributed by atoms with van der Waals surface area (Å²) in [6.07, 6.45) is 8.30. The van der Waals surface area contributed by atoms with Crippen molar-refractivity contribution in [1.82, 2.24) is 19.6 Å². The molecule has 11 nitrogen and oxygen atoms in total. The van der Waals surface area contributed by atoms with Crippen LogP contribution in [0.15, 0.2) is 67.1 Å². The molecule has 3 aliphatic rings. The number of likely N-dealkylation sites (tertiary alicyclic amines) is 1. The van der Waals surface area contributed by atoms with E-state index in [0.29, 0.717) is 54.0 Å². The fourth-order valence-electron chi connectivity index (χ4n) is 8.92. The van der Waals surface area contributed by atoms with Crippen LogP contribution in [0.1, 0.15) is 106 Å². The van der Waals surface area contributed by atoms with Crippen LogP contribution in [0.2, 0.25) is 0 Å². The summed E-state index contributed by atoms with van der Waals surface area (Å²) in [7, 11) is -2.26. The number of hydrogen-bond donors (Lipinski definition) is 1. The summed E-state index contributed by atoms with van der Waals surface area (Å²) in [5.41, 5.74) is 3.07.